The van der Waals surface area contributed by atoms with Gasteiger partial charge in [0, 0.05) is 16.2 Å². The summed E-state index contributed by atoms with van der Waals surface area (Å²) in [7, 11) is 0. The normalized spacial score (nSPS) is 10.7. The van der Waals surface area contributed by atoms with Crippen molar-refractivity contribution in [1.29, 1.82) is 0 Å². The fourth-order valence-electron chi connectivity index (χ4n) is 2.64. The molecule has 0 unspecified atom stereocenters. The molecule has 0 saturated carbocycles. The molecule has 0 spiro atoms. The van der Waals surface area contributed by atoms with Crippen molar-refractivity contribution in [3.8, 4) is 0 Å². The van der Waals surface area contributed by atoms with Gasteiger partial charge in [-0.3, -0.25) is 14.0 Å². The van der Waals surface area contributed by atoms with E-state index in [-0.39, 0.29) is 18.3 Å². The van der Waals surface area contributed by atoms with Crippen molar-refractivity contribution in [2.45, 2.75) is 20.3 Å². The molecule has 3 rings (SSSR count). The molecule has 0 radical (unpaired) electrons. The molecule has 0 fully saturated rings. The molecule has 0 aliphatic heterocycles. The van der Waals surface area contributed by atoms with Gasteiger partial charge in [-0.15, -0.1) is 0 Å². The zero-order valence-electron chi connectivity index (χ0n) is 14.5. The predicted octanol–water partition coefficient (Wildman–Crippen LogP) is 3.76. The highest BCUT2D eigenvalue weighted by molar-refractivity contribution is 9.10. The van der Waals surface area contributed by atoms with Crippen molar-refractivity contribution < 1.29 is 14.3 Å². The molecule has 3 aromatic rings. The molecule has 0 aliphatic carbocycles. The van der Waals surface area contributed by atoms with Gasteiger partial charge >= 0.3 is 5.97 Å². The fraction of sp³-hybridized carbons (Fsp3) is 0.211. The standard InChI is InChI=1S/C19H18BrN3O3/c1-3-26-17(24)10-15-18(23-11-14(20)7-8-16(23)21-15)22-19(25)13-6-4-5-12(2)9-13/h4-9,11H,3,10H2,1-2H3,(H,22,25). The molecule has 0 bridgehead atoms. The van der Waals surface area contributed by atoms with Crippen LogP contribution in [0.15, 0.2) is 47.1 Å². The Kier molecular flexibility index (Phi) is 5.37. The van der Waals surface area contributed by atoms with E-state index in [1.807, 2.05) is 25.1 Å². The number of nitrogens with one attached hydrogen (secondary N) is 1. The highest BCUT2D eigenvalue weighted by atomic mass is 79.9. The Morgan fingerprint density at radius 1 is 1.27 bits per heavy atom. The number of hydrogen-bond acceptors (Lipinski definition) is 4. The molecule has 6 nitrogen and oxygen atoms in total. The van der Waals surface area contributed by atoms with Crippen LogP contribution >= 0.6 is 15.9 Å². The third kappa shape index (κ3) is 3.94. The Morgan fingerprint density at radius 3 is 2.81 bits per heavy atom. The lowest BCUT2D eigenvalue weighted by Gasteiger charge is -2.08. The topological polar surface area (TPSA) is 72.7 Å². The van der Waals surface area contributed by atoms with Gasteiger partial charge in [0.15, 0.2) is 0 Å². The molecule has 7 heteroatoms. The van der Waals surface area contributed by atoms with E-state index >= 15 is 0 Å². The molecule has 0 saturated heterocycles. The largest absolute Gasteiger partial charge is 0.466 e. The third-order valence-electron chi connectivity index (χ3n) is 3.78. The van der Waals surface area contributed by atoms with Crippen molar-refractivity contribution in [2.24, 2.45) is 0 Å². The summed E-state index contributed by atoms with van der Waals surface area (Å²) in [5.74, 6) is -0.192. The Hall–Kier alpha value is -2.67. The molecule has 2 aromatic heterocycles. The number of benzene rings is 1. The molecule has 2 heterocycles. The summed E-state index contributed by atoms with van der Waals surface area (Å²) in [5.41, 5.74) is 2.62. The lowest BCUT2D eigenvalue weighted by Crippen LogP contribution is -2.16. The number of fused-ring (bicyclic) bond motifs is 1. The smallest absolute Gasteiger partial charge is 0.312 e. The minimum absolute atomic E-state index is 0.0173. The van der Waals surface area contributed by atoms with Gasteiger partial charge in [0.1, 0.15) is 11.5 Å². The van der Waals surface area contributed by atoms with Crippen molar-refractivity contribution >= 4 is 39.3 Å². The first kappa shape index (κ1) is 18.1. The number of ether oxygens (including phenoxy) is 1. The summed E-state index contributed by atoms with van der Waals surface area (Å²) in [4.78, 5) is 29.1. The summed E-state index contributed by atoms with van der Waals surface area (Å²) in [6, 6.07) is 11.0. The number of anilines is 1. The first-order chi connectivity index (χ1) is 12.5. The number of pyridine rings is 1. The maximum atomic E-state index is 12.7. The van der Waals surface area contributed by atoms with E-state index < -0.39 is 0 Å². The molecule has 134 valence electrons. The second-order valence-corrected chi connectivity index (χ2v) is 6.70. The van der Waals surface area contributed by atoms with Crippen LogP contribution in [0.1, 0.15) is 28.5 Å². The van der Waals surface area contributed by atoms with Gasteiger partial charge in [-0.1, -0.05) is 17.7 Å². The summed E-state index contributed by atoms with van der Waals surface area (Å²) in [5, 5.41) is 2.88. The van der Waals surface area contributed by atoms with E-state index in [9.17, 15) is 9.59 Å². The number of carbonyl (C=O) groups excluding carboxylic acids is 2. The van der Waals surface area contributed by atoms with Crippen LogP contribution in [0.2, 0.25) is 0 Å². The van der Waals surface area contributed by atoms with Crippen LogP contribution in [0.25, 0.3) is 5.65 Å². The number of imidazole rings is 1. The first-order valence-electron chi connectivity index (χ1n) is 8.18. The molecule has 1 N–H and O–H groups in total. The molecule has 0 aliphatic rings. The van der Waals surface area contributed by atoms with Crippen LogP contribution in [0.3, 0.4) is 0 Å². The third-order valence-corrected chi connectivity index (χ3v) is 4.25. The maximum Gasteiger partial charge on any atom is 0.312 e. The van der Waals surface area contributed by atoms with Gasteiger partial charge in [0.2, 0.25) is 0 Å². The Morgan fingerprint density at radius 2 is 2.08 bits per heavy atom. The van der Waals surface area contributed by atoms with Crippen LogP contribution in [0.4, 0.5) is 5.82 Å². The number of nitrogens with zero attached hydrogens (tertiary/aromatic N) is 2. The molecular weight excluding hydrogens is 398 g/mol. The number of halogens is 1. The summed E-state index contributed by atoms with van der Waals surface area (Å²) in [6.45, 7) is 3.97. The molecule has 1 amide bonds. The van der Waals surface area contributed by atoms with Gasteiger partial charge in [0.05, 0.1) is 18.7 Å². The molecular formula is C19H18BrN3O3. The van der Waals surface area contributed by atoms with Gasteiger partial charge in [-0.05, 0) is 54.0 Å². The number of rotatable bonds is 5. The summed E-state index contributed by atoms with van der Waals surface area (Å²) in [6.07, 6.45) is 1.78. The van der Waals surface area contributed by atoms with Crippen LogP contribution in [0.5, 0.6) is 0 Å². The average molecular weight is 416 g/mol. The quantitative estimate of drug-likeness (QED) is 0.643. The van der Waals surface area contributed by atoms with E-state index in [1.165, 1.54) is 0 Å². The van der Waals surface area contributed by atoms with Crippen LogP contribution in [0, 0.1) is 6.92 Å². The van der Waals surface area contributed by atoms with Gasteiger partial charge in [-0.25, -0.2) is 4.98 Å². The summed E-state index contributed by atoms with van der Waals surface area (Å²) < 4.78 is 7.59. The summed E-state index contributed by atoms with van der Waals surface area (Å²) >= 11 is 3.42. The molecule has 26 heavy (non-hydrogen) atoms. The van der Waals surface area contributed by atoms with Crippen LogP contribution in [-0.4, -0.2) is 27.9 Å². The fourth-order valence-corrected chi connectivity index (χ4v) is 2.97. The first-order valence-corrected chi connectivity index (χ1v) is 8.97. The number of aryl methyl sites for hydroxylation is 1. The highest BCUT2D eigenvalue weighted by Gasteiger charge is 2.19. The van der Waals surface area contributed by atoms with Gasteiger partial charge in [-0.2, -0.15) is 0 Å². The van der Waals surface area contributed by atoms with Crippen LogP contribution in [-0.2, 0) is 16.0 Å². The van der Waals surface area contributed by atoms with Crippen LogP contribution < -0.4 is 5.32 Å². The number of esters is 1. The lowest BCUT2D eigenvalue weighted by atomic mass is 10.1. The molecule has 1 aromatic carbocycles. The minimum Gasteiger partial charge on any atom is -0.466 e. The molecule has 0 atom stereocenters. The Bertz CT molecular complexity index is 981. The van der Waals surface area contributed by atoms with Crippen molar-refractivity contribution in [3.05, 3.63) is 63.9 Å². The van der Waals surface area contributed by atoms with E-state index in [0.717, 1.165) is 10.0 Å². The van der Waals surface area contributed by atoms with Crippen molar-refractivity contribution in [2.75, 3.05) is 11.9 Å². The zero-order chi connectivity index (χ0) is 18.7. The van der Waals surface area contributed by atoms with Gasteiger partial charge in [0.25, 0.3) is 5.91 Å². The monoisotopic (exact) mass is 415 g/mol. The second kappa shape index (κ2) is 7.70. The van der Waals surface area contributed by atoms with Crippen molar-refractivity contribution in [1.82, 2.24) is 9.38 Å². The van der Waals surface area contributed by atoms with Crippen molar-refractivity contribution in [3.63, 3.8) is 0 Å². The van der Waals surface area contributed by atoms with E-state index in [1.54, 1.807) is 35.7 Å². The highest BCUT2D eigenvalue weighted by Crippen LogP contribution is 2.23. The zero-order valence-corrected chi connectivity index (χ0v) is 16.0. The second-order valence-electron chi connectivity index (χ2n) is 5.79. The SMILES string of the molecule is CCOC(=O)Cc1nc2ccc(Br)cn2c1NC(=O)c1cccc(C)c1. The Balaban J connectivity index is 2.00. The van der Waals surface area contributed by atoms with E-state index in [4.69, 9.17) is 4.74 Å². The number of aromatic nitrogens is 2. The minimum atomic E-state index is -0.388. The lowest BCUT2D eigenvalue weighted by molar-refractivity contribution is -0.142. The van der Waals surface area contributed by atoms with E-state index in [2.05, 4.69) is 26.2 Å². The predicted molar refractivity (Wildman–Crippen MR) is 102 cm³/mol. The van der Waals surface area contributed by atoms with Gasteiger partial charge < -0.3 is 10.1 Å². The average Bonchev–Trinajstić information content (AvgIpc) is 2.92. The van der Waals surface area contributed by atoms with E-state index in [0.29, 0.717) is 29.3 Å². The number of hydrogen-bond donors (Lipinski definition) is 1. The number of carbonyl (C=O) groups is 2. The maximum absolute atomic E-state index is 12.7. The number of amides is 1. The Labute approximate surface area is 159 Å².